The summed E-state index contributed by atoms with van der Waals surface area (Å²) in [5.41, 5.74) is 2.05. The molecule has 0 amide bonds. The second-order valence-electron chi connectivity index (χ2n) is 3.90. The SMILES string of the molecule is Cc1noc(C)c1C(C)NCc1ncc(Cl)s1. The molecule has 1 unspecified atom stereocenters. The maximum atomic E-state index is 5.83. The Morgan fingerprint density at radius 1 is 1.53 bits per heavy atom. The average Bonchev–Trinajstić information content (AvgIpc) is 2.83. The van der Waals surface area contributed by atoms with Crippen LogP contribution in [0.25, 0.3) is 0 Å². The number of halogens is 1. The zero-order valence-corrected chi connectivity index (χ0v) is 11.5. The van der Waals surface area contributed by atoms with Crippen LogP contribution in [0.5, 0.6) is 0 Å². The molecule has 0 bridgehead atoms. The summed E-state index contributed by atoms with van der Waals surface area (Å²) in [6.45, 7) is 6.66. The van der Waals surface area contributed by atoms with E-state index in [0.29, 0.717) is 10.9 Å². The van der Waals surface area contributed by atoms with Gasteiger partial charge in [0, 0.05) is 18.2 Å². The Morgan fingerprint density at radius 2 is 2.29 bits per heavy atom. The summed E-state index contributed by atoms with van der Waals surface area (Å²) in [6, 6.07) is 0.184. The fourth-order valence-electron chi connectivity index (χ4n) is 1.82. The molecule has 1 N–H and O–H groups in total. The first-order chi connectivity index (χ1) is 8.08. The molecule has 0 fully saturated rings. The summed E-state index contributed by atoms with van der Waals surface area (Å²) >= 11 is 7.32. The Hall–Kier alpha value is -0.910. The van der Waals surface area contributed by atoms with Gasteiger partial charge >= 0.3 is 0 Å². The van der Waals surface area contributed by atoms with Gasteiger partial charge in [-0.15, -0.1) is 11.3 Å². The summed E-state index contributed by atoms with van der Waals surface area (Å²) < 4.78 is 5.86. The van der Waals surface area contributed by atoms with E-state index in [1.807, 2.05) is 13.8 Å². The lowest BCUT2D eigenvalue weighted by Gasteiger charge is -2.12. The fraction of sp³-hybridized carbons (Fsp3) is 0.455. The quantitative estimate of drug-likeness (QED) is 0.927. The van der Waals surface area contributed by atoms with Gasteiger partial charge in [0.15, 0.2) is 0 Å². The molecule has 2 heterocycles. The van der Waals surface area contributed by atoms with E-state index in [9.17, 15) is 0 Å². The van der Waals surface area contributed by atoms with Crippen molar-refractivity contribution in [2.45, 2.75) is 33.4 Å². The highest BCUT2D eigenvalue weighted by atomic mass is 35.5. The predicted molar refractivity (Wildman–Crippen MR) is 68.4 cm³/mol. The largest absolute Gasteiger partial charge is 0.361 e. The average molecular weight is 272 g/mol. The normalized spacial score (nSPS) is 12.9. The summed E-state index contributed by atoms with van der Waals surface area (Å²) in [5, 5.41) is 8.31. The predicted octanol–water partition coefficient (Wildman–Crippen LogP) is 3.25. The van der Waals surface area contributed by atoms with Crippen LogP contribution in [0.15, 0.2) is 10.7 Å². The van der Waals surface area contributed by atoms with Gasteiger partial charge in [0.05, 0.1) is 11.9 Å². The molecule has 0 saturated carbocycles. The van der Waals surface area contributed by atoms with Crippen LogP contribution in [0.2, 0.25) is 4.34 Å². The molecular formula is C11H14ClN3OS. The van der Waals surface area contributed by atoms with Gasteiger partial charge in [-0.3, -0.25) is 0 Å². The number of rotatable bonds is 4. The number of hydrogen-bond acceptors (Lipinski definition) is 5. The van der Waals surface area contributed by atoms with Crippen LogP contribution in [0.1, 0.15) is 35.0 Å². The first-order valence-electron chi connectivity index (χ1n) is 5.34. The van der Waals surface area contributed by atoms with Crippen molar-refractivity contribution in [3.05, 3.63) is 32.6 Å². The maximum Gasteiger partial charge on any atom is 0.138 e. The number of hydrogen-bond donors (Lipinski definition) is 1. The van der Waals surface area contributed by atoms with Crippen molar-refractivity contribution in [1.82, 2.24) is 15.5 Å². The van der Waals surface area contributed by atoms with E-state index in [4.69, 9.17) is 16.1 Å². The Morgan fingerprint density at radius 3 is 2.82 bits per heavy atom. The molecule has 0 aromatic carbocycles. The lowest BCUT2D eigenvalue weighted by atomic mass is 10.1. The van der Waals surface area contributed by atoms with Crippen LogP contribution in [0, 0.1) is 13.8 Å². The highest BCUT2D eigenvalue weighted by Gasteiger charge is 2.16. The van der Waals surface area contributed by atoms with Crippen LogP contribution in [0.3, 0.4) is 0 Å². The van der Waals surface area contributed by atoms with Gasteiger partial charge < -0.3 is 9.84 Å². The lowest BCUT2D eigenvalue weighted by Crippen LogP contribution is -2.18. The molecular weight excluding hydrogens is 258 g/mol. The van der Waals surface area contributed by atoms with E-state index in [0.717, 1.165) is 22.0 Å². The summed E-state index contributed by atoms with van der Waals surface area (Å²) in [7, 11) is 0. The van der Waals surface area contributed by atoms with E-state index in [2.05, 4.69) is 22.4 Å². The molecule has 6 heteroatoms. The standard InChI is InChI=1S/C11H14ClN3OS/c1-6(11-7(2)15-16-8(11)3)13-5-10-14-4-9(12)17-10/h4,6,13H,5H2,1-3H3. The first-order valence-corrected chi connectivity index (χ1v) is 6.53. The van der Waals surface area contributed by atoms with Crippen molar-refractivity contribution < 1.29 is 4.52 Å². The molecule has 4 nitrogen and oxygen atoms in total. The molecule has 2 aromatic heterocycles. The molecule has 0 aliphatic rings. The van der Waals surface area contributed by atoms with Crippen LogP contribution >= 0.6 is 22.9 Å². The molecule has 17 heavy (non-hydrogen) atoms. The number of thiazole rings is 1. The fourth-order valence-corrected chi connectivity index (χ4v) is 2.73. The second-order valence-corrected chi connectivity index (χ2v) is 5.65. The molecule has 92 valence electrons. The molecule has 0 saturated heterocycles. The minimum atomic E-state index is 0.184. The van der Waals surface area contributed by atoms with E-state index in [-0.39, 0.29) is 6.04 Å². The van der Waals surface area contributed by atoms with Gasteiger partial charge in [-0.2, -0.15) is 0 Å². The van der Waals surface area contributed by atoms with E-state index < -0.39 is 0 Å². The van der Waals surface area contributed by atoms with Gasteiger partial charge in [-0.1, -0.05) is 16.8 Å². The minimum absolute atomic E-state index is 0.184. The van der Waals surface area contributed by atoms with Crippen LogP contribution in [0.4, 0.5) is 0 Å². The molecule has 0 radical (unpaired) electrons. The highest BCUT2D eigenvalue weighted by Crippen LogP contribution is 2.22. The van der Waals surface area contributed by atoms with Crippen molar-refractivity contribution in [2.24, 2.45) is 0 Å². The molecule has 0 aliphatic heterocycles. The molecule has 2 aromatic rings. The number of nitrogens with zero attached hydrogens (tertiary/aromatic N) is 2. The van der Waals surface area contributed by atoms with Crippen LogP contribution in [-0.2, 0) is 6.54 Å². The summed E-state index contributed by atoms with van der Waals surface area (Å²) in [5.74, 6) is 0.861. The third-order valence-corrected chi connectivity index (χ3v) is 3.72. The zero-order chi connectivity index (χ0) is 12.4. The smallest absolute Gasteiger partial charge is 0.138 e. The Bertz CT molecular complexity index is 489. The van der Waals surface area contributed by atoms with E-state index in [1.54, 1.807) is 6.20 Å². The van der Waals surface area contributed by atoms with E-state index >= 15 is 0 Å². The number of nitrogens with one attached hydrogen (secondary N) is 1. The summed E-state index contributed by atoms with van der Waals surface area (Å²) in [6.07, 6.45) is 1.67. The van der Waals surface area contributed by atoms with E-state index in [1.165, 1.54) is 11.3 Å². The molecule has 1 atom stereocenters. The Balaban J connectivity index is 2.00. The molecule has 0 spiro atoms. The van der Waals surface area contributed by atoms with Gasteiger partial charge in [0.1, 0.15) is 15.1 Å². The second kappa shape index (κ2) is 5.16. The minimum Gasteiger partial charge on any atom is -0.361 e. The van der Waals surface area contributed by atoms with Crippen LogP contribution < -0.4 is 5.32 Å². The van der Waals surface area contributed by atoms with Gasteiger partial charge in [0.2, 0.25) is 0 Å². The molecule has 2 rings (SSSR count). The number of aromatic nitrogens is 2. The van der Waals surface area contributed by atoms with Gasteiger partial charge in [0.25, 0.3) is 0 Å². The van der Waals surface area contributed by atoms with Gasteiger partial charge in [-0.25, -0.2) is 4.98 Å². The zero-order valence-electron chi connectivity index (χ0n) is 9.95. The monoisotopic (exact) mass is 271 g/mol. The third-order valence-electron chi connectivity index (χ3n) is 2.61. The van der Waals surface area contributed by atoms with Crippen molar-refractivity contribution >= 4 is 22.9 Å². The third kappa shape index (κ3) is 2.86. The first kappa shape index (κ1) is 12.5. The van der Waals surface area contributed by atoms with Crippen molar-refractivity contribution in [1.29, 1.82) is 0 Å². The van der Waals surface area contributed by atoms with Crippen molar-refractivity contribution in [3.63, 3.8) is 0 Å². The summed E-state index contributed by atoms with van der Waals surface area (Å²) in [4.78, 5) is 4.20. The maximum absolute atomic E-state index is 5.83. The van der Waals surface area contributed by atoms with Gasteiger partial charge in [-0.05, 0) is 20.8 Å². The lowest BCUT2D eigenvalue weighted by molar-refractivity contribution is 0.390. The Kier molecular flexibility index (Phi) is 3.81. The van der Waals surface area contributed by atoms with Crippen molar-refractivity contribution in [3.8, 4) is 0 Å². The topological polar surface area (TPSA) is 51.0 Å². The van der Waals surface area contributed by atoms with Crippen molar-refractivity contribution in [2.75, 3.05) is 0 Å². The van der Waals surface area contributed by atoms with Crippen LogP contribution in [-0.4, -0.2) is 10.1 Å². The Labute approximate surface area is 109 Å². The number of aryl methyl sites for hydroxylation is 2. The molecule has 0 aliphatic carbocycles. The highest BCUT2D eigenvalue weighted by molar-refractivity contribution is 7.15.